The van der Waals surface area contributed by atoms with Gasteiger partial charge in [-0.05, 0) is 49.2 Å². The van der Waals surface area contributed by atoms with Crippen molar-refractivity contribution in [2.45, 2.75) is 44.7 Å². The van der Waals surface area contributed by atoms with Gasteiger partial charge in [-0.1, -0.05) is 36.2 Å². The molecule has 9 heteroatoms. The Bertz CT molecular complexity index is 994. The summed E-state index contributed by atoms with van der Waals surface area (Å²) in [4.78, 5) is 13.6. The third-order valence-corrected chi connectivity index (χ3v) is 6.46. The average Bonchev–Trinajstić information content (AvgIpc) is 2.67. The van der Waals surface area contributed by atoms with Gasteiger partial charge in [-0.15, -0.1) is 0 Å². The fourth-order valence-corrected chi connectivity index (χ4v) is 4.00. The number of hydrogen-bond acceptors (Lipinski definition) is 5. The number of rotatable bonds is 8. The Labute approximate surface area is 181 Å². The van der Waals surface area contributed by atoms with E-state index in [0.29, 0.717) is 12.1 Å². The predicted molar refractivity (Wildman–Crippen MR) is 113 cm³/mol. The van der Waals surface area contributed by atoms with E-state index in [4.69, 9.17) is 32.1 Å². The van der Waals surface area contributed by atoms with Crippen LogP contribution in [-0.4, -0.2) is 32.4 Å². The highest BCUT2D eigenvalue weighted by Gasteiger charge is 2.22. The summed E-state index contributed by atoms with van der Waals surface area (Å²) in [7, 11) is -2.76. The van der Waals surface area contributed by atoms with Gasteiger partial charge in [0.25, 0.3) is 0 Å². The van der Waals surface area contributed by atoms with E-state index in [9.17, 15) is 13.2 Å². The molecule has 1 amide bonds. The van der Waals surface area contributed by atoms with Crippen molar-refractivity contribution >= 4 is 39.2 Å². The van der Waals surface area contributed by atoms with Crippen LogP contribution in [0.2, 0.25) is 10.0 Å². The molecule has 1 atom stereocenters. The second-order valence-corrected chi connectivity index (χ2v) is 8.86. The molecule has 0 aromatic heterocycles. The van der Waals surface area contributed by atoms with Crippen LogP contribution in [0.1, 0.15) is 32.8 Å². The molecule has 2 aromatic carbocycles. The van der Waals surface area contributed by atoms with Gasteiger partial charge in [-0.2, -0.15) is 8.42 Å². The molecule has 0 saturated carbocycles. The number of halogens is 2. The minimum atomic E-state index is -4.17. The molecule has 0 N–H and O–H groups in total. The van der Waals surface area contributed by atoms with Crippen molar-refractivity contribution in [2.24, 2.45) is 0 Å². The molecule has 29 heavy (non-hydrogen) atoms. The highest BCUT2D eigenvalue weighted by molar-refractivity contribution is 7.87. The average molecular weight is 460 g/mol. The largest absolute Gasteiger partial charge is 0.493 e. The zero-order valence-corrected chi connectivity index (χ0v) is 18.9. The van der Waals surface area contributed by atoms with Gasteiger partial charge in [0.15, 0.2) is 11.5 Å². The van der Waals surface area contributed by atoms with Gasteiger partial charge >= 0.3 is 10.1 Å². The number of carbonyl (C=O) groups is 1. The number of ether oxygens (including phenoxy) is 1. The number of nitrogens with zero attached hydrogens (tertiary/aromatic N) is 1. The lowest BCUT2D eigenvalue weighted by molar-refractivity contribution is -0.131. The summed E-state index contributed by atoms with van der Waals surface area (Å²) in [6.07, 6.45) is 0.796. The van der Waals surface area contributed by atoms with Crippen LogP contribution in [0.4, 0.5) is 0 Å². The van der Waals surface area contributed by atoms with Crippen molar-refractivity contribution in [1.82, 2.24) is 4.90 Å². The molecule has 2 aromatic rings. The highest BCUT2D eigenvalue weighted by atomic mass is 35.5. The molecule has 0 saturated heterocycles. The van der Waals surface area contributed by atoms with E-state index in [1.807, 2.05) is 13.8 Å². The SMILES string of the molecule is CC[C@@H](C)N(Cc1ccc(OC)c(OS(=O)(=O)c2ccc(Cl)c(Cl)c2)c1)C(C)=O. The first-order valence-corrected chi connectivity index (χ1v) is 11.1. The van der Waals surface area contributed by atoms with Crippen LogP contribution in [0.15, 0.2) is 41.3 Å². The first kappa shape index (κ1) is 23.3. The number of carbonyl (C=O) groups excluding carboxylic acids is 1. The summed E-state index contributed by atoms with van der Waals surface area (Å²) >= 11 is 11.8. The Morgan fingerprint density at radius 2 is 1.79 bits per heavy atom. The van der Waals surface area contributed by atoms with E-state index < -0.39 is 10.1 Å². The standard InChI is InChI=1S/C20H23Cl2NO5S/c1-5-13(2)23(14(3)24)12-15-6-9-19(27-4)20(10-15)28-29(25,26)16-7-8-17(21)18(22)11-16/h6-11,13H,5,12H2,1-4H3/t13-/m1/s1. The van der Waals surface area contributed by atoms with Crippen LogP contribution in [0.3, 0.4) is 0 Å². The number of amides is 1. The zero-order chi connectivity index (χ0) is 21.8. The third-order valence-electron chi connectivity index (χ3n) is 4.49. The fraction of sp³-hybridized carbons (Fsp3) is 0.350. The van der Waals surface area contributed by atoms with Crippen molar-refractivity contribution in [3.05, 3.63) is 52.0 Å². The third kappa shape index (κ3) is 5.78. The summed E-state index contributed by atoms with van der Waals surface area (Å²) in [6.45, 7) is 5.77. The van der Waals surface area contributed by atoms with E-state index in [-0.39, 0.29) is 38.4 Å². The zero-order valence-electron chi connectivity index (χ0n) is 16.6. The Morgan fingerprint density at radius 1 is 1.10 bits per heavy atom. The van der Waals surface area contributed by atoms with E-state index in [2.05, 4.69) is 0 Å². The lowest BCUT2D eigenvalue weighted by atomic mass is 10.1. The maximum Gasteiger partial charge on any atom is 0.339 e. The van der Waals surface area contributed by atoms with Crippen molar-refractivity contribution in [2.75, 3.05) is 7.11 Å². The topological polar surface area (TPSA) is 72.9 Å². The molecule has 0 heterocycles. The van der Waals surface area contributed by atoms with Crippen LogP contribution in [-0.2, 0) is 21.5 Å². The van der Waals surface area contributed by atoms with Crippen molar-refractivity contribution in [3.63, 3.8) is 0 Å². The number of hydrogen-bond donors (Lipinski definition) is 0. The highest BCUT2D eigenvalue weighted by Crippen LogP contribution is 2.33. The normalized spacial score (nSPS) is 12.3. The van der Waals surface area contributed by atoms with Crippen molar-refractivity contribution < 1.29 is 22.1 Å². The maximum absolute atomic E-state index is 12.7. The summed E-state index contributed by atoms with van der Waals surface area (Å²) in [5.74, 6) is 0.195. The minimum Gasteiger partial charge on any atom is -0.493 e. The summed E-state index contributed by atoms with van der Waals surface area (Å²) in [6, 6.07) is 8.85. The smallest absolute Gasteiger partial charge is 0.339 e. The molecular weight excluding hydrogens is 437 g/mol. The molecule has 0 bridgehead atoms. The molecule has 158 valence electrons. The van der Waals surface area contributed by atoms with Crippen LogP contribution >= 0.6 is 23.2 Å². The Morgan fingerprint density at radius 3 is 2.34 bits per heavy atom. The molecular formula is C20H23Cl2NO5S. The van der Waals surface area contributed by atoms with E-state index in [1.54, 1.807) is 23.1 Å². The molecule has 0 radical (unpaired) electrons. The lowest BCUT2D eigenvalue weighted by Gasteiger charge is -2.27. The van der Waals surface area contributed by atoms with Gasteiger partial charge in [-0.25, -0.2) is 0 Å². The summed E-state index contributed by atoms with van der Waals surface area (Å²) in [5.41, 5.74) is 0.709. The van der Waals surface area contributed by atoms with Crippen LogP contribution in [0, 0.1) is 0 Å². The second kappa shape index (κ2) is 9.69. The van der Waals surface area contributed by atoms with Gasteiger partial charge < -0.3 is 13.8 Å². The minimum absolute atomic E-state index is 0.0173. The fourth-order valence-electron chi connectivity index (χ4n) is 2.68. The van der Waals surface area contributed by atoms with E-state index >= 15 is 0 Å². The molecule has 0 unspecified atom stereocenters. The molecule has 0 fully saturated rings. The summed E-state index contributed by atoms with van der Waals surface area (Å²) < 4.78 is 35.9. The Kier molecular flexibility index (Phi) is 7.80. The maximum atomic E-state index is 12.7. The molecule has 0 aliphatic heterocycles. The summed E-state index contributed by atoms with van der Waals surface area (Å²) in [5, 5.41) is 0.335. The lowest BCUT2D eigenvalue weighted by Crippen LogP contribution is -2.36. The van der Waals surface area contributed by atoms with Crippen molar-refractivity contribution in [1.29, 1.82) is 0 Å². The van der Waals surface area contributed by atoms with Crippen LogP contribution < -0.4 is 8.92 Å². The van der Waals surface area contributed by atoms with Crippen LogP contribution in [0.25, 0.3) is 0 Å². The van der Waals surface area contributed by atoms with Crippen molar-refractivity contribution in [3.8, 4) is 11.5 Å². The number of benzene rings is 2. The Balaban J connectivity index is 2.37. The van der Waals surface area contributed by atoms with Gasteiger partial charge in [0.05, 0.1) is 17.2 Å². The first-order chi connectivity index (χ1) is 13.6. The predicted octanol–water partition coefficient (Wildman–Crippen LogP) is 4.92. The molecule has 0 aliphatic carbocycles. The second-order valence-electron chi connectivity index (χ2n) is 6.50. The molecule has 0 aliphatic rings. The molecule has 6 nitrogen and oxygen atoms in total. The number of methoxy groups -OCH3 is 1. The first-order valence-electron chi connectivity index (χ1n) is 8.92. The van der Waals surface area contributed by atoms with Gasteiger partial charge in [0, 0.05) is 19.5 Å². The Hall–Kier alpha value is -1.96. The van der Waals surface area contributed by atoms with E-state index in [0.717, 1.165) is 6.42 Å². The molecule has 0 spiro atoms. The van der Waals surface area contributed by atoms with Crippen LogP contribution in [0.5, 0.6) is 11.5 Å². The van der Waals surface area contributed by atoms with Gasteiger partial charge in [-0.3, -0.25) is 4.79 Å². The monoisotopic (exact) mass is 459 g/mol. The quantitative estimate of drug-likeness (QED) is 0.523. The van der Waals surface area contributed by atoms with Gasteiger partial charge in [0.1, 0.15) is 4.90 Å². The van der Waals surface area contributed by atoms with E-state index in [1.165, 1.54) is 32.2 Å². The van der Waals surface area contributed by atoms with Gasteiger partial charge in [0.2, 0.25) is 5.91 Å². The molecule has 2 rings (SSSR count).